The number of hydrogen-bond acceptors (Lipinski definition) is 3. The highest BCUT2D eigenvalue weighted by Crippen LogP contribution is 2.44. The first-order valence-electron chi connectivity index (χ1n) is 7.41. The first kappa shape index (κ1) is 15.1. The Morgan fingerprint density at radius 1 is 1.00 bits per heavy atom. The number of benzene rings is 2. The van der Waals surface area contributed by atoms with Gasteiger partial charge < -0.3 is 9.30 Å². The van der Waals surface area contributed by atoms with Crippen molar-refractivity contribution in [2.75, 3.05) is 12.8 Å². The summed E-state index contributed by atoms with van der Waals surface area (Å²) in [5.41, 5.74) is -0.229. The minimum absolute atomic E-state index is 0.229. The van der Waals surface area contributed by atoms with Crippen LogP contribution in [-0.2, 0) is 9.30 Å². The van der Waals surface area contributed by atoms with Gasteiger partial charge in [-0.15, -0.1) is 0 Å². The zero-order valence-electron chi connectivity index (χ0n) is 12.9. The van der Waals surface area contributed by atoms with Crippen molar-refractivity contribution in [3.8, 4) is 0 Å². The second kappa shape index (κ2) is 5.73. The van der Waals surface area contributed by atoms with Crippen LogP contribution in [-0.4, -0.2) is 24.2 Å². The Labute approximate surface area is 131 Å². The third-order valence-corrected chi connectivity index (χ3v) is 6.70. The molecule has 0 saturated heterocycles. The molecule has 0 atom stereocenters. The van der Waals surface area contributed by atoms with E-state index in [1.165, 1.54) is 0 Å². The van der Waals surface area contributed by atoms with Crippen LogP contribution < -0.4 is 10.6 Å². The zero-order chi connectivity index (χ0) is 15.6. The number of ether oxygens (including phenoxy) is 1. The molecule has 3 nitrogen and oxygen atoms in total. The molecule has 0 aromatic heterocycles. The van der Waals surface area contributed by atoms with Gasteiger partial charge in [0.05, 0.1) is 11.7 Å². The van der Waals surface area contributed by atoms with Crippen LogP contribution in [0.3, 0.4) is 0 Å². The topological polar surface area (TPSA) is 38.7 Å². The van der Waals surface area contributed by atoms with Gasteiger partial charge in [-0.3, -0.25) is 0 Å². The average molecular weight is 313 g/mol. The van der Waals surface area contributed by atoms with Gasteiger partial charge in [-0.25, -0.2) is 4.99 Å². The molecule has 2 aromatic carbocycles. The second-order valence-corrected chi connectivity index (χ2v) is 9.00. The van der Waals surface area contributed by atoms with E-state index >= 15 is 0 Å². The Morgan fingerprint density at radius 3 is 1.91 bits per heavy atom. The number of hydrogen-bond donors (Lipinski definition) is 0. The Balaban J connectivity index is 2.04. The largest absolute Gasteiger partial charge is 0.478 e. The molecule has 2 aromatic rings. The fourth-order valence-corrected chi connectivity index (χ4v) is 5.12. The molecule has 22 heavy (non-hydrogen) atoms. The third kappa shape index (κ3) is 3.00. The van der Waals surface area contributed by atoms with E-state index in [1.807, 2.05) is 74.5 Å². The normalized spacial score (nSPS) is 16.9. The quantitative estimate of drug-likeness (QED) is 0.813. The molecule has 0 saturated carbocycles. The summed E-state index contributed by atoms with van der Waals surface area (Å²) in [6.45, 7) is 4.60. The molecule has 4 heteroatoms. The predicted molar refractivity (Wildman–Crippen MR) is 92.1 cm³/mol. The van der Waals surface area contributed by atoms with Crippen LogP contribution >= 0.6 is 7.14 Å². The molecule has 0 radical (unpaired) electrons. The summed E-state index contributed by atoms with van der Waals surface area (Å²) in [5.74, 6) is 0.598. The highest BCUT2D eigenvalue weighted by Gasteiger charge is 2.34. The summed E-state index contributed by atoms with van der Waals surface area (Å²) in [4.78, 5) is 4.58. The molecule has 0 aliphatic carbocycles. The minimum Gasteiger partial charge on any atom is -0.478 e. The van der Waals surface area contributed by atoms with Crippen LogP contribution in [0.25, 0.3) is 0 Å². The molecule has 3 rings (SSSR count). The van der Waals surface area contributed by atoms with E-state index in [9.17, 15) is 4.57 Å². The van der Waals surface area contributed by atoms with E-state index < -0.39 is 7.14 Å². The Morgan fingerprint density at radius 2 is 1.50 bits per heavy atom. The van der Waals surface area contributed by atoms with Gasteiger partial charge in [0.25, 0.3) is 0 Å². The molecule has 1 heterocycles. The molecular weight excluding hydrogens is 293 g/mol. The van der Waals surface area contributed by atoms with Crippen LogP contribution in [0.1, 0.15) is 13.8 Å². The molecule has 0 fully saturated rings. The molecule has 1 aliphatic rings. The van der Waals surface area contributed by atoms with Crippen molar-refractivity contribution in [1.29, 1.82) is 0 Å². The molecular formula is C18H20NO2P. The lowest BCUT2D eigenvalue weighted by Gasteiger charge is -2.19. The van der Waals surface area contributed by atoms with Gasteiger partial charge in [-0.05, 0) is 13.8 Å². The van der Waals surface area contributed by atoms with E-state index in [1.54, 1.807) is 0 Å². The zero-order valence-corrected chi connectivity index (χ0v) is 13.8. The van der Waals surface area contributed by atoms with Gasteiger partial charge in [0.15, 0.2) is 13.0 Å². The maximum atomic E-state index is 13.8. The van der Waals surface area contributed by atoms with Crippen molar-refractivity contribution in [3.63, 3.8) is 0 Å². The smallest absolute Gasteiger partial charge is 0.192 e. The number of nitrogens with zero attached hydrogens (tertiary/aromatic N) is 1. The standard InChI is InChI=1S/C18H20NO2P/c1-18(2)14-21-17(19-18)13-22(20,15-9-5-3-6-10-15)16-11-7-4-8-12-16/h3-12H,13-14H2,1-2H3. The second-order valence-electron chi connectivity index (χ2n) is 6.18. The van der Waals surface area contributed by atoms with Gasteiger partial charge in [-0.2, -0.15) is 0 Å². The van der Waals surface area contributed by atoms with E-state index in [0.717, 1.165) is 10.6 Å². The Hall–Kier alpha value is -1.86. The summed E-state index contributed by atoms with van der Waals surface area (Å²) in [6.07, 6.45) is 0.338. The molecule has 0 N–H and O–H groups in total. The van der Waals surface area contributed by atoms with E-state index in [4.69, 9.17) is 4.74 Å². The summed E-state index contributed by atoms with van der Waals surface area (Å²) >= 11 is 0. The first-order valence-corrected chi connectivity index (χ1v) is 9.31. The summed E-state index contributed by atoms with van der Waals surface area (Å²) in [7, 11) is -2.79. The van der Waals surface area contributed by atoms with Crippen molar-refractivity contribution in [1.82, 2.24) is 0 Å². The lowest BCUT2D eigenvalue weighted by atomic mass is 10.1. The van der Waals surface area contributed by atoms with E-state index in [-0.39, 0.29) is 5.54 Å². The van der Waals surface area contributed by atoms with Gasteiger partial charge >= 0.3 is 0 Å². The Bertz CT molecular complexity index is 680. The van der Waals surface area contributed by atoms with Crippen LogP contribution in [0.4, 0.5) is 0 Å². The van der Waals surface area contributed by atoms with E-state index in [0.29, 0.717) is 18.7 Å². The lowest BCUT2D eigenvalue weighted by molar-refractivity contribution is 0.277. The predicted octanol–water partition coefficient (Wildman–Crippen LogP) is 3.21. The van der Waals surface area contributed by atoms with Crippen molar-refractivity contribution in [3.05, 3.63) is 60.7 Å². The molecule has 0 amide bonds. The molecule has 0 spiro atoms. The van der Waals surface area contributed by atoms with Crippen LogP contribution in [0.15, 0.2) is 65.7 Å². The van der Waals surface area contributed by atoms with Gasteiger partial charge in [0.2, 0.25) is 0 Å². The van der Waals surface area contributed by atoms with Crippen molar-refractivity contribution < 1.29 is 9.30 Å². The lowest BCUT2D eigenvalue weighted by Crippen LogP contribution is -2.22. The van der Waals surface area contributed by atoms with Crippen molar-refractivity contribution in [2.24, 2.45) is 4.99 Å². The third-order valence-electron chi connectivity index (χ3n) is 3.72. The number of rotatable bonds is 4. The van der Waals surface area contributed by atoms with E-state index in [2.05, 4.69) is 4.99 Å². The SMILES string of the molecule is CC1(C)COC(CP(=O)(c2ccccc2)c2ccccc2)=N1. The summed E-state index contributed by atoms with van der Waals surface area (Å²) < 4.78 is 19.5. The highest BCUT2D eigenvalue weighted by molar-refractivity contribution is 7.79. The minimum atomic E-state index is -2.79. The Kier molecular flexibility index (Phi) is 3.92. The fourth-order valence-electron chi connectivity index (χ4n) is 2.60. The van der Waals surface area contributed by atoms with Gasteiger partial charge in [0, 0.05) is 10.6 Å². The first-order chi connectivity index (χ1) is 10.5. The average Bonchev–Trinajstić information content (AvgIpc) is 2.87. The number of aliphatic imine (C=N–C) groups is 1. The van der Waals surface area contributed by atoms with Crippen LogP contribution in [0.5, 0.6) is 0 Å². The van der Waals surface area contributed by atoms with Crippen LogP contribution in [0, 0.1) is 0 Å². The maximum absolute atomic E-state index is 13.8. The fraction of sp³-hybridized carbons (Fsp3) is 0.278. The van der Waals surface area contributed by atoms with Gasteiger partial charge in [-0.1, -0.05) is 60.7 Å². The molecule has 0 bridgehead atoms. The van der Waals surface area contributed by atoms with Crippen molar-refractivity contribution >= 4 is 23.6 Å². The van der Waals surface area contributed by atoms with Crippen molar-refractivity contribution in [2.45, 2.75) is 19.4 Å². The van der Waals surface area contributed by atoms with Gasteiger partial charge in [0.1, 0.15) is 6.61 Å². The maximum Gasteiger partial charge on any atom is 0.192 e. The summed E-state index contributed by atoms with van der Waals surface area (Å²) in [6, 6.07) is 19.3. The molecule has 114 valence electrons. The molecule has 1 aliphatic heterocycles. The van der Waals surface area contributed by atoms with Crippen LogP contribution in [0.2, 0.25) is 0 Å². The highest BCUT2D eigenvalue weighted by atomic mass is 31.2. The molecule has 0 unspecified atom stereocenters. The monoisotopic (exact) mass is 313 g/mol. The summed E-state index contributed by atoms with van der Waals surface area (Å²) in [5, 5.41) is 1.69.